The number of carbonyl (C=O) groups is 1. The van der Waals surface area contributed by atoms with Gasteiger partial charge in [0.1, 0.15) is 11.5 Å². The van der Waals surface area contributed by atoms with E-state index >= 15 is 0 Å². The highest BCUT2D eigenvalue weighted by atomic mass is 16.5. The normalized spacial score (nSPS) is 32.6. The van der Waals surface area contributed by atoms with E-state index in [1.807, 2.05) is 18.2 Å². The molecule has 0 aliphatic heterocycles. The van der Waals surface area contributed by atoms with E-state index in [4.69, 9.17) is 4.74 Å². The Bertz CT molecular complexity index is 1170. The van der Waals surface area contributed by atoms with Crippen molar-refractivity contribution in [2.45, 2.75) is 70.8 Å². The molecule has 4 aliphatic rings. The fraction of sp³-hybridized carbons (Fsp3) is 0.452. The Hall–Kier alpha value is -2.65. The predicted octanol–water partition coefficient (Wildman–Crippen LogP) is 7.05. The first kappa shape index (κ1) is 21.9. The van der Waals surface area contributed by atoms with Crippen LogP contribution >= 0.6 is 0 Å². The second-order valence-corrected chi connectivity index (χ2v) is 11.2. The van der Waals surface area contributed by atoms with Gasteiger partial charge in [0, 0.05) is 12.3 Å². The van der Waals surface area contributed by atoms with Crippen LogP contribution in [0.2, 0.25) is 0 Å². The Labute approximate surface area is 202 Å². The summed E-state index contributed by atoms with van der Waals surface area (Å²) in [4.78, 5) is 12.2. The fourth-order valence-corrected chi connectivity index (χ4v) is 7.44. The molecule has 2 aromatic carbocycles. The van der Waals surface area contributed by atoms with Crippen molar-refractivity contribution in [1.29, 1.82) is 0 Å². The summed E-state index contributed by atoms with van der Waals surface area (Å²) >= 11 is 0. The third kappa shape index (κ3) is 3.56. The highest BCUT2D eigenvalue weighted by Gasteiger charge is 2.56. The number of fused-ring (bicyclic) bond motifs is 4. The third-order valence-corrected chi connectivity index (χ3v) is 9.22. The highest BCUT2D eigenvalue weighted by molar-refractivity contribution is 5.93. The Kier molecular flexibility index (Phi) is 5.29. The number of rotatable bonds is 3. The molecule has 0 bridgehead atoms. The van der Waals surface area contributed by atoms with Gasteiger partial charge in [0.15, 0.2) is 5.78 Å². The summed E-state index contributed by atoms with van der Waals surface area (Å²) < 4.78 is 6.09. The molecule has 2 aromatic rings. The lowest BCUT2D eigenvalue weighted by Gasteiger charge is -2.52. The first-order chi connectivity index (χ1) is 16.4. The SMILES string of the molecule is Cc1ccc(Oc2ccc(C3CC4(C)C(O)CCC4C4CCC5=CC(=O)CCC5=C34)cc2)cc1. The molecule has 1 N–H and O–H groups in total. The monoisotopic (exact) mass is 454 g/mol. The Morgan fingerprint density at radius 2 is 1.62 bits per heavy atom. The number of carbonyl (C=O) groups excluding carboxylic acids is 1. The molecule has 3 heteroatoms. The van der Waals surface area contributed by atoms with E-state index in [0.29, 0.717) is 24.2 Å². The quantitative estimate of drug-likeness (QED) is 0.541. The molecule has 6 rings (SSSR count). The maximum Gasteiger partial charge on any atom is 0.156 e. The van der Waals surface area contributed by atoms with Gasteiger partial charge in [-0.2, -0.15) is 0 Å². The van der Waals surface area contributed by atoms with Crippen molar-refractivity contribution in [3.63, 3.8) is 0 Å². The molecule has 2 saturated carbocycles. The van der Waals surface area contributed by atoms with E-state index in [9.17, 15) is 9.90 Å². The first-order valence-electron chi connectivity index (χ1n) is 12.9. The minimum Gasteiger partial charge on any atom is -0.457 e. The summed E-state index contributed by atoms with van der Waals surface area (Å²) in [6.07, 6.45) is 8.35. The predicted molar refractivity (Wildman–Crippen MR) is 134 cm³/mol. The molecule has 0 saturated heterocycles. The van der Waals surface area contributed by atoms with Gasteiger partial charge in [-0.15, -0.1) is 0 Å². The van der Waals surface area contributed by atoms with Crippen molar-refractivity contribution in [1.82, 2.24) is 0 Å². The number of ketones is 1. The van der Waals surface area contributed by atoms with Crippen molar-refractivity contribution in [3.05, 3.63) is 82.5 Å². The summed E-state index contributed by atoms with van der Waals surface area (Å²) in [5.41, 5.74) is 6.81. The van der Waals surface area contributed by atoms with Gasteiger partial charge in [-0.25, -0.2) is 0 Å². The Morgan fingerprint density at radius 3 is 2.35 bits per heavy atom. The van der Waals surface area contributed by atoms with Crippen molar-refractivity contribution in [3.8, 4) is 11.5 Å². The van der Waals surface area contributed by atoms with Crippen LogP contribution in [0.3, 0.4) is 0 Å². The molecule has 4 aliphatic carbocycles. The van der Waals surface area contributed by atoms with Crippen LogP contribution in [-0.4, -0.2) is 17.0 Å². The summed E-state index contributed by atoms with van der Waals surface area (Å²) in [6.45, 7) is 4.40. The molecule has 0 aromatic heterocycles. The van der Waals surface area contributed by atoms with E-state index in [2.05, 4.69) is 50.2 Å². The molecule has 176 valence electrons. The maximum atomic E-state index is 12.2. The highest BCUT2D eigenvalue weighted by Crippen LogP contribution is 2.63. The smallest absolute Gasteiger partial charge is 0.156 e. The van der Waals surface area contributed by atoms with Gasteiger partial charge < -0.3 is 9.84 Å². The van der Waals surface area contributed by atoms with Gasteiger partial charge in [-0.3, -0.25) is 4.79 Å². The van der Waals surface area contributed by atoms with Crippen LogP contribution in [0, 0.1) is 24.2 Å². The third-order valence-electron chi connectivity index (χ3n) is 9.22. The van der Waals surface area contributed by atoms with Crippen LogP contribution in [0.1, 0.15) is 68.9 Å². The number of aliphatic hydroxyl groups is 1. The minimum atomic E-state index is -0.222. The molecule has 5 unspecified atom stereocenters. The van der Waals surface area contributed by atoms with Gasteiger partial charge in [0.25, 0.3) is 0 Å². The lowest BCUT2D eigenvalue weighted by atomic mass is 9.53. The number of allylic oxidation sites excluding steroid dienone is 4. The van der Waals surface area contributed by atoms with E-state index in [-0.39, 0.29) is 17.3 Å². The van der Waals surface area contributed by atoms with Gasteiger partial charge in [-0.05, 0) is 110 Å². The maximum absolute atomic E-state index is 12.2. The van der Waals surface area contributed by atoms with Crippen molar-refractivity contribution in [2.75, 3.05) is 0 Å². The molecule has 0 amide bonds. The van der Waals surface area contributed by atoms with Crippen molar-refractivity contribution < 1.29 is 14.6 Å². The van der Waals surface area contributed by atoms with E-state index < -0.39 is 0 Å². The summed E-state index contributed by atoms with van der Waals surface area (Å²) in [5.74, 6) is 3.33. The zero-order chi connectivity index (χ0) is 23.4. The average Bonchev–Trinajstić information content (AvgIpc) is 3.14. The first-order valence-corrected chi connectivity index (χ1v) is 12.9. The number of aryl methyl sites for hydroxylation is 1. The van der Waals surface area contributed by atoms with Gasteiger partial charge in [0.05, 0.1) is 6.10 Å². The van der Waals surface area contributed by atoms with Crippen molar-refractivity contribution in [2.24, 2.45) is 17.3 Å². The number of hydrogen-bond donors (Lipinski definition) is 1. The topological polar surface area (TPSA) is 46.5 Å². The van der Waals surface area contributed by atoms with E-state index in [1.54, 1.807) is 5.57 Å². The van der Waals surface area contributed by atoms with Crippen LogP contribution in [0.25, 0.3) is 0 Å². The standard InChI is InChI=1S/C31H34O3/c1-19-3-9-23(10-4-19)34-24-11-5-20(6-12-24)27-18-31(2)28(15-16-29(31)33)26-13-7-21-17-22(32)8-14-25(21)30(26)27/h3-6,9-12,17,26-29,33H,7-8,13-16,18H2,1-2H3. The van der Waals surface area contributed by atoms with Crippen LogP contribution in [0.5, 0.6) is 11.5 Å². The summed E-state index contributed by atoms with van der Waals surface area (Å²) in [5, 5.41) is 11.0. The molecular formula is C31H34O3. The Morgan fingerprint density at radius 1 is 0.912 bits per heavy atom. The van der Waals surface area contributed by atoms with Crippen LogP contribution in [0.15, 0.2) is 71.3 Å². The fourth-order valence-electron chi connectivity index (χ4n) is 7.44. The summed E-state index contributed by atoms with van der Waals surface area (Å²) in [6, 6.07) is 16.7. The second-order valence-electron chi connectivity index (χ2n) is 11.2. The number of aliphatic hydroxyl groups excluding tert-OH is 1. The molecule has 5 atom stereocenters. The zero-order valence-electron chi connectivity index (χ0n) is 20.2. The van der Waals surface area contributed by atoms with Crippen LogP contribution in [-0.2, 0) is 4.79 Å². The van der Waals surface area contributed by atoms with Crippen LogP contribution < -0.4 is 4.74 Å². The lowest BCUT2D eigenvalue weighted by Crippen LogP contribution is -2.45. The minimum absolute atomic E-state index is 0.0395. The molecule has 0 spiro atoms. The summed E-state index contributed by atoms with van der Waals surface area (Å²) in [7, 11) is 0. The van der Waals surface area contributed by atoms with Gasteiger partial charge >= 0.3 is 0 Å². The molecule has 3 nitrogen and oxygen atoms in total. The number of ether oxygens (including phenoxy) is 1. The molecule has 2 fully saturated rings. The number of benzene rings is 2. The average molecular weight is 455 g/mol. The largest absolute Gasteiger partial charge is 0.457 e. The molecule has 34 heavy (non-hydrogen) atoms. The van der Waals surface area contributed by atoms with Gasteiger partial charge in [0.2, 0.25) is 0 Å². The van der Waals surface area contributed by atoms with Crippen LogP contribution in [0.4, 0.5) is 0 Å². The lowest BCUT2D eigenvalue weighted by molar-refractivity contribution is -0.114. The van der Waals surface area contributed by atoms with Gasteiger partial charge in [-0.1, -0.05) is 42.3 Å². The Balaban J connectivity index is 1.38. The second kappa shape index (κ2) is 8.23. The molecule has 0 heterocycles. The molecule has 0 radical (unpaired) electrons. The van der Waals surface area contributed by atoms with E-state index in [1.165, 1.54) is 22.3 Å². The number of hydrogen-bond acceptors (Lipinski definition) is 3. The van der Waals surface area contributed by atoms with E-state index in [0.717, 1.165) is 50.0 Å². The van der Waals surface area contributed by atoms with Crippen molar-refractivity contribution >= 4 is 5.78 Å². The zero-order valence-corrected chi connectivity index (χ0v) is 20.2. The molecular weight excluding hydrogens is 420 g/mol.